The van der Waals surface area contributed by atoms with Crippen LogP contribution in [0.5, 0.6) is 11.8 Å². The fourth-order valence-electron chi connectivity index (χ4n) is 3.49. The number of hydrogen-bond acceptors (Lipinski definition) is 7. The van der Waals surface area contributed by atoms with Crippen molar-refractivity contribution in [2.75, 3.05) is 26.2 Å². The van der Waals surface area contributed by atoms with Crippen LogP contribution in [0.2, 0.25) is 0 Å². The Bertz CT molecular complexity index is 1080. The van der Waals surface area contributed by atoms with Gasteiger partial charge in [0.1, 0.15) is 13.2 Å². The van der Waals surface area contributed by atoms with Gasteiger partial charge in [0.05, 0.1) is 5.69 Å². The van der Waals surface area contributed by atoms with Crippen molar-refractivity contribution in [3.63, 3.8) is 0 Å². The van der Waals surface area contributed by atoms with E-state index in [1.54, 1.807) is 0 Å². The van der Waals surface area contributed by atoms with Gasteiger partial charge in [-0.1, -0.05) is 36.4 Å². The largest absolute Gasteiger partial charge is 0.490 e. The molecule has 37 heavy (non-hydrogen) atoms. The summed E-state index contributed by atoms with van der Waals surface area (Å²) < 4.78 is 43.2. The first-order chi connectivity index (χ1) is 17.8. The van der Waals surface area contributed by atoms with E-state index in [-0.39, 0.29) is 0 Å². The number of hydrogen-bond donors (Lipinski definition) is 1. The van der Waals surface area contributed by atoms with E-state index in [0.29, 0.717) is 25.0 Å². The molecule has 0 atom stereocenters. The van der Waals surface area contributed by atoms with Crippen LogP contribution in [0.25, 0.3) is 0 Å². The molecule has 8 nitrogen and oxygen atoms in total. The lowest BCUT2D eigenvalue weighted by Crippen LogP contribution is -2.25. The lowest BCUT2D eigenvalue weighted by atomic mass is 10.1. The van der Waals surface area contributed by atoms with E-state index in [1.807, 2.05) is 54.7 Å². The van der Waals surface area contributed by atoms with Gasteiger partial charge in [-0.05, 0) is 56.0 Å². The summed E-state index contributed by atoms with van der Waals surface area (Å²) in [4.78, 5) is 15.8. The quantitative estimate of drug-likeness (QED) is 0.423. The number of carbonyl (C=O) groups is 1. The highest BCUT2D eigenvalue weighted by Gasteiger charge is 2.38. The van der Waals surface area contributed by atoms with Crippen molar-refractivity contribution in [2.24, 2.45) is 0 Å². The molecule has 0 bridgehead atoms. The van der Waals surface area contributed by atoms with E-state index in [0.717, 1.165) is 36.2 Å². The van der Waals surface area contributed by atoms with Crippen LogP contribution in [0.3, 0.4) is 0 Å². The molecule has 3 aromatic rings. The number of aryl methyl sites for hydroxylation is 2. The van der Waals surface area contributed by atoms with Crippen LogP contribution in [-0.4, -0.2) is 63.6 Å². The molecule has 1 saturated heterocycles. The summed E-state index contributed by atoms with van der Waals surface area (Å²) in [5.41, 5.74) is 3.21. The molecule has 3 heterocycles. The zero-order chi connectivity index (χ0) is 26.5. The first-order valence-electron chi connectivity index (χ1n) is 11.9. The number of rotatable bonds is 10. The number of likely N-dealkylation sites (tertiary alicyclic amines) is 1. The number of aromatic nitrogens is 3. The average molecular weight is 519 g/mol. The number of carboxylic acids is 1. The minimum Gasteiger partial charge on any atom is -0.476 e. The van der Waals surface area contributed by atoms with Crippen LogP contribution in [-0.2, 0) is 24.2 Å². The molecule has 1 aliphatic rings. The van der Waals surface area contributed by atoms with E-state index in [1.165, 1.54) is 25.9 Å². The molecular weight excluding hydrogens is 489 g/mol. The summed E-state index contributed by atoms with van der Waals surface area (Å²) in [5.74, 6) is -1.52. The zero-order valence-corrected chi connectivity index (χ0v) is 20.2. The van der Waals surface area contributed by atoms with Gasteiger partial charge in [-0.2, -0.15) is 18.3 Å². The smallest absolute Gasteiger partial charge is 0.476 e. The molecule has 0 aliphatic carbocycles. The predicted molar refractivity (Wildman–Crippen MR) is 129 cm³/mol. The van der Waals surface area contributed by atoms with Crippen LogP contribution in [0.1, 0.15) is 29.7 Å². The normalized spacial score (nSPS) is 13.5. The molecule has 1 N–H and O–H groups in total. The monoisotopic (exact) mass is 518 g/mol. The van der Waals surface area contributed by atoms with Gasteiger partial charge in [0.25, 0.3) is 0 Å². The third kappa shape index (κ3) is 10.4. The third-order valence-electron chi connectivity index (χ3n) is 5.49. The van der Waals surface area contributed by atoms with E-state index in [9.17, 15) is 13.2 Å². The first-order valence-corrected chi connectivity index (χ1v) is 11.9. The maximum absolute atomic E-state index is 10.6. The Kier molecular flexibility index (Phi) is 10.6. The predicted octanol–water partition coefficient (Wildman–Crippen LogP) is 4.34. The Morgan fingerprint density at radius 1 is 0.892 bits per heavy atom. The summed E-state index contributed by atoms with van der Waals surface area (Å²) in [6.45, 7) is 4.55. The second-order valence-electron chi connectivity index (χ2n) is 8.34. The zero-order valence-electron chi connectivity index (χ0n) is 20.2. The highest BCUT2D eigenvalue weighted by molar-refractivity contribution is 5.73. The number of aliphatic carboxylic acids is 1. The summed E-state index contributed by atoms with van der Waals surface area (Å²) in [5, 5.41) is 15.6. The molecule has 1 aliphatic heterocycles. The average Bonchev–Trinajstić information content (AvgIpc) is 3.42. The van der Waals surface area contributed by atoms with Crippen LogP contribution >= 0.6 is 0 Å². The van der Waals surface area contributed by atoms with E-state index in [2.05, 4.69) is 26.1 Å². The second-order valence-corrected chi connectivity index (χ2v) is 8.34. The summed E-state index contributed by atoms with van der Waals surface area (Å²) in [7, 11) is 0. The Hall–Kier alpha value is -3.73. The molecule has 0 saturated carbocycles. The maximum atomic E-state index is 10.6. The SMILES string of the molecule is O=C(O)C(F)(F)F.c1ccc(COc2ccc(CCc3ccc(OCCN4CCCC4)nc3)nn2)cc1. The number of ether oxygens (including phenoxy) is 2. The van der Waals surface area contributed by atoms with Crippen LogP contribution in [0, 0.1) is 0 Å². The topological polar surface area (TPSA) is 97.7 Å². The van der Waals surface area contributed by atoms with Gasteiger partial charge in [0.2, 0.25) is 11.8 Å². The molecule has 0 radical (unpaired) electrons. The van der Waals surface area contributed by atoms with E-state index >= 15 is 0 Å². The fourth-order valence-corrected chi connectivity index (χ4v) is 3.49. The van der Waals surface area contributed by atoms with Crippen LogP contribution in [0.15, 0.2) is 60.8 Å². The van der Waals surface area contributed by atoms with E-state index in [4.69, 9.17) is 19.4 Å². The molecule has 4 rings (SSSR count). The Morgan fingerprint density at radius 3 is 2.19 bits per heavy atom. The molecule has 1 fully saturated rings. The van der Waals surface area contributed by atoms with Crippen molar-refractivity contribution >= 4 is 5.97 Å². The number of nitrogens with zero attached hydrogens (tertiary/aromatic N) is 4. The van der Waals surface area contributed by atoms with Gasteiger partial charge in [-0.15, -0.1) is 5.10 Å². The fraction of sp³-hybridized carbons (Fsp3) is 0.385. The highest BCUT2D eigenvalue weighted by atomic mass is 19.4. The standard InChI is InChI=1S/C24H28N4O2.C2HF3O2/c1-2-6-21(7-3-1)19-30-24-13-11-22(26-27-24)10-8-20-9-12-23(25-18-20)29-17-16-28-14-4-5-15-28;3-2(4,5)1(6)7/h1-3,6-7,9,11-13,18H,4-5,8,10,14-17,19H2;(H,6,7). The molecular formula is C26H29F3N4O4. The lowest BCUT2D eigenvalue weighted by Gasteiger charge is -2.14. The van der Waals surface area contributed by atoms with Gasteiger partial charge < -0.3 is 14.6 Å². The maximum Gasteiger partial charge on any atom is 0.490 e. The molecule has 198 valence electrons. The van der Waals surface area contributed by atoms with Gasteiger partial charge in [-0.3, -0.25) is 4.90 Å². The Morgan fingerprint density at radius 2 is 1.59 bits per heavy atom. The summed E-state index contributed by atoms with van der Waals surface area (Å²) >= 11 is 0. The van der Waals surface area contributed by atoms with Crippen molar-refractivity contribution in [1.82, 2.24) is 20.1 Å². The van der Waals surface area contributed by atoms with E-state index < -0.39 is 12.1 Å². The third-order valence-corrected chi connectivity index (χ3v) is 5.49. The van der Waals surface area contributed by atoms with Crippen molar-refractivity contribution in [1.29, 1.82) is 0 Å². The minimum absolute atomic E-state index is 0.493. The molecule has 0 spiro atoms. The van der Waals surface area contributed by atoms with Crippen molar-refractivity contribution in [3.8, 4) is 11.8 Å². The molecule has 1 aromatic carbocycles. The molecule has 11 heteroatoms. The molecule has 2 aromatic heterocycles. The van der Waals surface area contributed by atoms with Gasteiger partial charge >= 0.3 is 12.1 Å². The first kappa shape index (κ1) is 27.9. The number of alkyl halides is 3. The number of pyridine rings is 1. The Labute approximate surface area is 213 Å². The number of carboxylic acid groups (broad SMARTS) is 1. The molecule has 0 unspecified atom stereocenters. The summed E-state index contributed by atoms with van der Waals surface area (Å²) in [6, 6.07) is 17.9. The second kappa shape index (κ2) is 14.1. The van der Waals surface area contributed by atoms with Crippen molar-refractivity contribution < 1.29 is 32.5 Å². The Balaban J connectivity index is 0.000000479. The van der Waals surface area contributed by atoms with Crippen molar-refractivity contribution in [3.05, 3.63) is 77.6 Å². The highest BCUT2D eigenvalue weighted by Crippen LogP contribution is 2.14. The molecule has 0 amide bonds. The minimum atomic E-state index is -5.08. The summed E-state index contributed by atoms with van der Waals surface area (Å²) in [6.07, 6.45) is 1.08. The van der Waals surface area contributed by atoms with Gasteiger partial charge in [0, 0.05) is 24.9 Å². The van der Waals surface area contributed by atoms with Gasteiger partial charge in [0.15, 0.2) is 0 Å². The lowest BCUT2D eigenvalue weighted by molar-refractivity contribution is -0.192. The van der Waals surface area contributed by atoms with Crippen LogP contribution in [0.4, 0.5) is 13.2 Å². The number of halogens is 3. The van der Waals surface area contributed by atoms with Crippen LogP contribution < -0.4 is 9.47 Å². The van der Waals surface area contributed by atoms with Gasteiger partial charge in [-0.25, -0.2) is 9.78 Å². The number of benzene rings is 1. The van der Waals surface area contributed by atoms with Crippen molar-refractivity contribution in [2.45, 2.75) is 38.5 Å².